The Kier molecular flexibility index (Phi) is 5.84. The molecule has 7 heteroatoms. The quantitative estimate of drug-likeness (QED) is 0.640. The second kappa shape index (κ2) is 7.63. The SMILES string of the molecule is CCCNC1CCOCC1S(=O)c1ccc([N+](=O)[O-])cc1. The highest BCUT2D eigenvalue weighted by molar-refractivity contribution is 7.85. The van der Waals surface area contributed by atoms with Crippen LogP contribution in [0.1, 0.15) is 19.8 Å². The van der Waals surface area contributed by atoms with Crippen molar-refractivity contribution in [3.63, 3.8) is 0 Å². The highest BCUT2D eigenvalue weighted by Gasteiger charge is 2.31. The molecule has 0 saturated carbocycles. The number of benzene rings is 1. The van der Waals surface area contributed by atoms with Crippen LogP contribution in [-0.2, 0) is 15.5 Å². The predicted molar refractivity (Wildman–Crippen MR) is 80.8 cm³/mol. The van der Waals surface area contributed by atoms with Crippen LogP contribution in [0.4, 0.5) is 5.69 Å². The number of hydrogen-bond donors (Lipinski definition) is 1. The van der Waals surface area contributed by atoms with Crippen LogP contribution in [0.15, 0.2) is 29.2 Å². The highest BCUT2D eigenvalue weighted by atomic mass is 32.2. The van der Waals surface area contributed by atoms with Crippen LogP contribution in [0.25, 0.3) is 0 Å². The first-order valence-electron chi connectivity index (χ1n) is 7.09. The Labute approximate surface area is 126 Å². The summed E-state index contributed by atoms with van der Waals surface area (Å²) in [6, 6.07) is 6.09. The van der Waals surface area contributed by atoms with E-state index in [0.717, 1.165) is 19.4 Å². The number of nitro groups is 1. The van der Waals surface area contributed by atoms with Crippen LogP contribution in [-0.4, -0.2) is 40.2 Å². The Hall–Kier alpha value is -1.31. The Morgan fingerprint density at radius 1 is 1.43 bits per heavy atom. The molecular formula is C14H20N2O4S. The molecule has 1 aliphatic rings. The van der Waals surface area contributed by atoms with E-state index >= 15 is 0 Å². The minimum Gasteiger partial charge on any atom is -0.380 e. The van der Waals surface area contributed by atoms with E-state index in [9.17, 15) is 14.3 Å². The first kappa shape index (κ1) is 16.1. The zero-order chi connectivity index (χ0) is 15.2. The number of nitro benzene ring substituents is 1. The van der Waals surface area contributed by atoms with Gasteiger partial charge in [-0.25, -0.2) is 0 Å². The van der Waals surface area contributed by atoms with E-state index in [-0.39, 0.29) is 17.0 Å². The van der Waals surface area contributed by atoms with Crippen molar-refractivity contribution in [3.8, 4) is 0 Å². The standard InChI is InChI=1S/C14H20N2O4S/c1-2-8-15-13-7-9-20-10-14(13)21(19)12-5-3-11(4-6-12)16(17)18/h3-6,13-15H,2,7-10H2,1H3. The molecule has 2 rings (SSSR count). The molecule has 0 spiro atoms. The third kappa shape index (κ3) is 4.09. The maximum absolute atomic E-state index is 12.7. The molecule has 0 radical (unpaired) electrons. The van der Waals surface area contributed by atoms with Gasteiger partial charge in [-0.15, -0.1) is 0 Å². The summed E-state index contributed by atoms with van der Waals surface area (Å²) in [5.74, 6) is 0. The number of nitrogens with zero attached hydrogens (tertiary/aromatic N) is 1. The molecule has 116 valence electrons. The van der Waals surface area contributed by atoms with E-state index in [1.165, 1.54) is 12.1 Å². The van der Waals surface area contributed by atoms with Gasteiger partial charge in [-0.1, -0.05) is 6.92 Å². The molecule has 1 fully saturated rings. The lowest BCUT2D eigenvalue weighted by Gasteiger charge is -2.31. The van der Waals surface area contributed by atoms with Crippen LogP contribution in [0.5, 0.6) is 0 Å². The number of ether oxygens (including phenoxy) is 1. The molecule has 1 saturated heterocycles. The summed E-state index contributed by atoms with van der Waals surface area (Å²) in [4.78, 5) is 10.8. The highest BCUT2D eigenvalue weighted by Crippen LogP contribution is 2.21. The predicted octanol–water partition coefficient (Wildman–Crippen LogP) is 1.86. The van der Waals surface area contributed by atoms with Crippen molar-refractivity contribution in [3.05, 3.63) is 34.4 Å². The van der Waals surface area contributed by atoms with Gasteiger partial charge in [0.15, 0.2) is 0 Å². The van der Waals surface area contributed by atoms with Crippen molar-refractivity contribution in [2.75, 3.05) is 19.8 Å². The van der Waals surface area contributed by atoms with Gasteiger partial charge >= 0.3 is 0 Å². The molecule has 0 aliphatic carbocycles. The van der Waals surface area contributed by atoms with Gasteiger partial charge in [0.2, 0.25) is 0 Å². The largest absolute Gasteiger partial charge is 0.380 e. The molecule has 3 unspecified atom stereocenters. The summed E-state index contributed by atoms with van der Waals surface area (Å²) in [6.07, 6.45) is 1.86. The molecule has 21 heavy (non-hydrogen) atoms. The van der Waals surface area contributed by atoms with E-state index in [1.807, 2.05) is 0 Å². The van der Waals surface area contributed by atoms with E-state index in [2.05, 4.69) is 12.2 Å². The van der Waals surface area contributed by atoms with Crippen molar-refractivity contribution < 1.29 is 13.9 Å². The van der Waals surface area contributed by atoms with E-state index in [4.69, 9.17) is 4.74 Å². The van der Waals surface area contributed by atoms with Gasteiger partial charge in [0.05, 0.1) is 27.6 Å². The van der Waals surface area contributed by atoms with E-state index < -0.39 is 15.7 Å². The molecule has 1 aliphatic heterocycles. The Bertz CT molecular complexity index is 506. The molecule has 0 amide bonds. The molecule has 1 heterocycles. The molecule has 1 aromatic carbocycles. The van der Waals surface area contributed by atoms with Crippen LogP contribution in [0, 0.1) is 10.1 Å². The fourth-order valence-corrected chi connectivity index (χ4v) is 3.87. The maximum atomic E-state index is 12.7. The van der Waals surface area contributed by atoms with E-state index in [1.54, 1.807) is 12.1 Å². The van der Waals surface area contributed by atoms with Crippen LogP contribution < -0.4 is 5.32 Å². The summed E-state index contributed by atoms with van der Waals surface area (Å²) in [5.41, 5.74) is 0.0105. The van der Waals surface area contributed by atoms with Gasteiger partial charge in [0.25, 0.3) is 5.69 Å². The lowest BCUT2D eigenvalue weighted by atomic mass is 10.1. The van der Waals surface area contributed by atoms with Crippen LogP contribution in [0.2, 0.25) is 0 Å². The fourth-order valence-electron chi connectivity index (χ4n) is 2.36. The van der Waals surface area contributed by atoms with Crippen molar-refractivity contribution in [1.29, 1.82) is 0 Å². The third-order valence-corrected chi connectivity index (χ3v) is 5.27. The molecule has 1 N–H and O–H groups in total. The van der Waals surface area contributed by atoms with Gasteiger partial charge in [-0.05, 0) is 31.5 Å². The van der Waals surface area contributed by atoms with Gasteiger partial charge in [0, 0.05) is 29.7 Å². The molecule has 0 bridgehead atoms. The minimum atomic E-state index is -1.23. The van der Waals surface area contributed by atoms with Gasteiger partial charge in [0.1, 0.15) is 0 Å². The first-order valence-corrected chi connectivity index (χ1v) is 8.31. The van der Waals surface area contributed by atoms with Gasteiger partial charge in [-0.2, -0.15) is 0 Å². The molecule has 6 nitrogen and oxygen atoms in total. The summed E-state index contributed by atoms with van der Waals surface area (Å²) in [7, 11) is -1.23. The fraction of sp³-hybridized carbons (Fsp3) is 0.571. The second-order valence-electron chi connectivity index (χ2n) is 5.01. The van der Waals surface area contributed by atoms with Gasteiger partial charge in [-0.3, -0.25) is 14.3 Å². The zero-order valence-electron chi connectivity index (χ0n) is 12.0. The van der Waals surface area contributed by atoms with Crippen molar-refractivity contribution in [2.45, 2.75) is 36.0 Å². The number of nitrogens with one attached hydrogen (secondary N) is 1. The van der Waals surface area contributed by atoms with Crippen molar-refractivity contribution >= 4 is 16.5 Å². The molecular weight excluding hydrogens is 292 g/mol. The summed E-state index contributed by atoms with van der Waals surface area (Å²) < 4.78 is 18.1. The zero-order valence-corrected chi connectivity index (χ0v) is 12.8. The van der Waals surface area contributed by atoms with Crippen LogP contribution in [0.3, 0.4) is 0 Å². The average Bonchev–Trinajstić information content (AvgIpc) is 2.52. The number of non-ortho nitro benzene ring substituents is 1. The Balaban J connectivity index is 2.10. The lowest BCUT2D eigenvalue weighted by Crippen LogP contribution is -2.48. The van der Waals surface area contributed by atoms with Crippen molar-refractivity contribution in [2.24, 2.45) is 0 Å². The Morgan fingerprint density at radius 3 is 2.76 bits per heavy atom. The summed E-state index contributed by atoms with van der Waals surface area (Å²) >= 11 is 0. The monoisotopic (exact) mass is 312 g/mol. The lowest BCUT2D eigenvalue weighted by molar-refractivity contribution is -0.384. The van der Waals surface area contributed by atoms with E-state index in [0.29, 0.717) is 18.1 Å². The maximum Gasteiger partial charge on any atom is 0.269 e. The molecule has 1 aromatic rings. The second-order valence-corrected chi connectivity index (χ2v) is 6.68. The number of rotatable bonds is 6. The van der Waals surface area contributed by atoms with Crippen molar-refractivity contribution in [1.82, 2.24) is 5.32 Å². The first-order chi connectivity index (χ1) is 10.1. The molecule has 3 atom stereocenters. The Morgan fingerprint density at radius 2 is 2.14 bits per heavy atom. The smallest absolute Gasteiger partial charge is 0.269 e. The summed E-state index contributed by atoms with van der Waals surface area (Å²) in [6.45, 7) is 4.10. The average molecular weight is 312 g/mol. The third-order valence-electron chi connectivity index (χ3n) is 3.52. The normalized spacial score (nSPS) is 23.7. The van der Waals surface area contributed by atoms with Gasteiger partial charge < -0.3 is 10.1 Å². The molecule has 0 aromatic heterocycles. The van der Waals surface area contributed by atoms with Crippen LogP contribution >= 0.6 is 0 Å². The topological polar surface area (TPSA) is 81.5 Å². The summed E-state index contributed by atoms with van der Waals surface area (Å²) in [5, 5.41) is 14.0. The minimum absolute atomic E-state index is 0.0105. The number of hydrogen-bond acceptors (Lipinski definition) is 5.